The van der Waals surface area contributed by atoms with E-state index in [2.05, 4.69) is 10.1 Å². The quantitative estimate of drug-likeness (QED) is 0.579. The summed E-state index contributed by atoms with van der Waals surface area (Å²) >= 11 is 0. The van der Waals surface area contributed by atoms with Crippen LogP contribution in [-0.4, -0.2) is 8.42 Å². The third-order valence-electron chi connectivity index (χ3n) is 3.05. The number of nitrogens with one attached hydrogen (secondary N) is 2. The molecule has 2 aromatic carbocycles. The fourth-order valence-corrected chi connectivity index (χ4v) is 3.05. The molecule has 2 rings (SSSR count). The number of sulfonamides is 1. The van der Waals surface area contributed by atoms with Gasteiger partial charge in [-0.1, -0.05) is 36.4 Å². The van der Waals surface area contributed by atoms with Crippen LogP contribution in [0, 0.1) is 6.92 Å². The number of aryl methyl sites for hydroxylation is 1. The molecule has 0 unspecified atom stereocenters. The molecule has 0 bridgehead atoms. The van der Waals surface area contributed by atoms with E-state index in [9.17, 15) is 8.42 Å². The van der Waals surface area contributed by atoms with Crippen LogP contribution in [0.3, 0.4) is 0 Å². The lowest BCUT2D eigenvalue weighted by atomic mass is 10.1. The average Bonchev–Trinajstić information content (AvgIpc) is 2.46. The first-order chi connectivity index (χ1) is 9.54. The molecule has 0 amide bonds. The molecule has 0 spiro atoms. The Labute approximate surface area is 118 Å². The van der Waals surface area contributed by atoms with E-state index in [4.69, 9.17) is 5.84 Å². The van der Waals surface area contributed by atoms with Crippen molar-refractivity contribution in [2.24, 2.45) is 5.84 Å². The summed E-state index contributed by atoms with van der Waals surface area (Å²) in [4.78, 5) is 0.135. The van der Waals surface area contributed by atoms with Crippen molar-refractivity contribution < 1.29 is 8.42 Å². The van der Waals surface area contributed by atoms with E-state index in [1.807, 2.05) is 31.2 Å². The average molecular weight is 291 g/mol. The Bertz CT molecular complexity index is 699. The minimum atomic E-state index is -3.61. The minimum Gasteiger partial charge on any atom is -0.323 e. The van der Waals surface area contributed by atoms with E-state index in [-0.39, 0.29) is 11.4 Å². The van der Waals surface area contributed by atoms with Gasteiger partial charge in [0.15, 0.2) is 0 Å². The van der Waals surface area contributed by atoms with Gasteiger partial charge in [-0.2, -0.15) is 0 Å². The Morgan fingerprint density at radius 2 is 1.70 bits per heavy atom. The van der Waals surface area contributed by atoms with Crippen LogP contribution in [0.25, 0.3) is 0 Å². The number of nitrogens with two attached hydrogens (primary N) is 1. The number of hydrazine groups is 1. The Balaban J connectivity index is 2.22. The SMILES string of the molecule is Cc1ccccc1CNS(=O)(=O)c1ccccc1NN. The van der Waals surface area contributed by atoms with Gasteiger partial charge in [-0.15, -0.1) is 0 Å². The van der Waals surface area contributed by atoms with Crippen molar-refractivity contribution >= 4 is 15.7 Å². The summed E-state index contributed by atoms with van der Waals surface area (Å²) in [5.74, 6) is 5.34. The molecule has 106 valence electrons. The van der Waals surface area contributed by atoms with Crippen molar-refractivity contribution in [2.45, 2.75) is 18.4 Å². The lowest BCUT2D eigenvalue weighted by Gasteiger charge is -2.11. The number of benzene rings is 2. The maximum absolute atomic E-state index is 12.3. The van der Waals surface area contributed by atoms with Crippen molar-refractivity contribution in [3.05, 3.63) is 59.7 Å². The molecule has 2 aromatic rings. The number of para-hydroxylation sites is 1. The largest absolute Gasteiger partial charge is 0.323 e. The molecule has 0 saturated carbocycles. The summed E-state index contributed by atoms with van der Waals surface area (Å²) in [6.45, 7) is 2.19. The molecular weight excluding hydrogens is 274 g/mol. The first-order valence-electron chi connectivity index (χ1n) is 6.14. The summed E-state index contributed by atoms with van der Waals surface area (Å²) in [6, 6.07) is 14.1. The highest BCUT2D eigenvalue weighted by atomic mass is 32.2. The van der Waals surface area contributed by atoms with Crippen LogP contribution < -0.4 is 16.0 Å². The van der Waals surface area contributed by atoms with Crippen LogP contribution in [0.4, 0.5) is 5.69 Å². The van der Waals surface area contributed by atoms with Crippen LogP contribution in [0.1, 0.15) is 11.1 Å². The van der Waals surface area contributed by atoms with Gasteiger partial charge in [0.2, 0.25) is 10.0 Å². The maximum atomic E-state index is 12.3. The van der Waals surface area contributed by atoms with Crippen molar-refractivity contribution in [3.63, 3.8) is 0 Å². The standard InChI is InChI=1S/C14H17N3O2S/c1-11-6-2-3-7-12(11)10-16-20(18,19)14-9-5-4-8-13(14)17-15/h2-9,16-17H,10,15H2,1H3. The maximum Gasteiger partial charge on any atom is 0.242 e. The van der Waals surface area contributed by atoms with E-state index >= 15 is 0 Å². The zero-order valence-electron chi connectivity index (χ0n) is 11.1. The smallest absolute Gasteiger partial charge is 0.242 e. The topological polar surface area (TPSA) is 84.2 Å². The Morgan fingerprint density at radius 3 is 2.40 bits per heavy atom. The first kappa shape index (κ1) is 14.5. The molecule has 0 aliphatic heterocycles. The molecule has 5 nitrogen and oxygen atoms in total. The van der Waals surface area contributed by atoms with E-state index in [1.165, 1.54) is 6.07 Å². The van der Waals surface area contributed by atoms with E-state index in [1.54, 1.807) is 18.2 Å². The third kappa shape index (κ3) is 3.16. The predicted molar refractivity (Wildman–Crippen MR) is 79.5 cm³/mol. The molecule has 0 atom stereocenters. The Morgan fingerprint density at radius 1 is 1.05 bits per heavy atom. The summed E-state index contributed by atoms with van der Waals surface area (Å²) in [5.41, 5.74) is 4.74. The minimum absolute atomic E-state index is 0.135. The van der Waals surface area contributed by atoms with Crippen LogP contribution in [0.5, 0.6) is 0 Å². The highest BCUT2D eigenvalue weighted by Gasteiger charge is 2.17. The van der Waals surface area contributed by atoms with E-state index < -0.39 is 10.0 Å². The zero-order valence-corrected chi connectivity index (χ0v) is 11.9. The lowest BCUT2D eigenvalue weighted by Crippen LogP contribution is -2.25. The molecule has 0 fully saturated rings. The molecular formula is C14H17N3O2S. The van der Waals surface area contributed by atoms with Crippen LogP contribution in [0.15, 0.2) is 53.4 Å². The second-order valence-corrected chi connectivity index (χ2v) is 6.13. The van der Waals surface area contributed by atoms with Crippen LogP contribution >= 0.6 is 0 Å². The molecule has 6 heteroatoms. The zero-order chi connectivity index (χ0) is 14.6. The molecule has 0 saturated heterocycles. The molecule has 4 N–H and O–H groups in total. The monoisotopic (exact) mass is 291 g/mol. The van der Waals surface area contributed by atoms with Gasteiger partial charge in [-0.3, -0.25) is 5.84 Å². The molecule has 0 aliphatic carbocycles. The van der Waals surface area contributed by atoms with Crippen LogP contribution in [-0.2, 0) is 16.6 Å². The van der Waals surface area contributed by atoms with Gasteiger partial charge >= 0.3 is 0 Å². The molecule has 0 heterocycles. The van der Waals surface area contributed by atoms with Gasteiger partial charge < -0.3 is 5.43 Å². The van der Waals surface area contributed by atoms with Gasteiger partial charge in [-0.25, -0.2) is 13.1 Å². The van der Waals surface area contributed by atoms with Crippen molar-refractivity contribution in [3.8, 4) is 0 Å². The number of hydrogen-bond donors (Lipinski definition) is 3. The Kier molecular flexibility index (Phi) is 4.39. The predicted octanol–water partition coefficient (Wildman–Crippen LogP) is 1.76. The lowest BCUT2D eigenvalue weighted by molar-refractivity contribution is 0.581. The van der Waals surface area contributed by atoms with Gasteiger partial charge in [0, 0.05) is 6.54 Å². The molecule has 0 radical (unpaired) electrons. The van der Waals surface area contributed by atoms with Crippen molar-refractivity contribution in [1.29, 1.82) is 0 Å². The van der Waals surface area contributed by atoms with Crippen LogP contribution in [0.2, 0.25) is 0 Å². The van der Waals surface area contributed by atoms with Gasteiger partial charge in [-0.05, 0) is 30.2 Å². The van der Waals surface area contributed by atoms with Crippen molar-refractivity contribution in [1.82, 2.24) is 4.72 Å². The summed E-state index contributed by atoms with van der Waals surface area (Å²) in [6.07, 6.45) is 0. The Hall–Kier alpha value is -1.89. The van der Waals surface area contributed by atoms with Gasteiger partial charge in [0.1, 0.15) is 4.90 Å². The highest BCUT2D eigenvalue weighted by Crippen LogP contribution is 2.19. The number of anilines is 1. The second kappa shape index (κ2) is 6.04. The summed E-state index contributed by atoms with van der Waals surface area (Å²) in [7, 11) is -3.61. The van der Waals surface area contributed by atoms with Gasteiger partial charge in [0.05, 0.1) is 5.69 Å². The van der Waals surface area contributed by atoms with E-state index in [0.717, 1.165) is 11.1 Å². The summed E-state index contributed by atoms with van der Waals surface area (Å²) < 4.78 is 27.2. The van der Waals surface area contributed by atoms with Crippen molar-refractivity contribution in [2.75, 3.05) is 5.43 Å². The highest BCUT2D eigenvalue weighted by molar-refractivity contribution is 7.89. The summed E-state index contributed by atoms with van der Waals surface area (Å²) in [5, 5.41) is 0. The number of hydrogen-bond acceptors (Lipinski definition) is 4. The third-order valence-corrected chi connectivity index (χ3v) is 4.51. The second-order valence-electron chi connectivity index (χ2n) is 4.39. The first-order valence-corrected chi connectivity index (χ1v) is 7.63. The fourth-order valence-electron chi connectivity index (χ4n) is 1.88. The number of nitrogen functional groups attached to an aromatic ring is 1. The fraction of sp³-hybridized carbons (Fsp3) is 0.143. The van der Waals surface area contributed by atoms with Gasteiger partial charge in [0.25, 0.3) is 0 Å². The number of rotatable bonds is 5. The normalized spacial score (nSPS) is 11.3. The molecule has 0 aromatic heterocycles. The van der Waals surface area contributed by atoms with E-state index in [0.29, 0.717) is 5.69 Å². The molecule has 0 aliphatic rings. The molecule has 20 heavy (non-hydrogen) atoms.